The summed E-state index contributed by atoms with van der Waals surface area (Å²) in [5.41, 5.74) is 3.63. The van der Waals surface area contributed by atoms with Gasteiger partial charge in [0.25, 0.3) is 0 Å². The zero-order valence-corrected chi connectivity index (χ0v) is 11.7. The van der Waals surface area contributed by atoms with Crippen LogP contribution < -0.4 is 14.9 Å². The fourth-order valence-corrected chi connectivity index (χ4v) is 1.37. The van der Waals surface area contributed by atoms with Gasteiger partial charge in [-0.3, -0.25) is 0 Å². The molecule has 0 fully saturated rings. The lowest BCUT2D eigenvalue weighted by Gasteiger charge is -2.12. The SMILES string of the molecule is COc1cc(C=NNCCO)ccc1OCC(C)C. The van der Waals surface area contributed by atoms with Crippen molar-refractivity contribution in [3.05, 3.63) is 23.8 Å². The van der Waals surface area contributed by atoms with Crippen LogP contribution in [0.25, 0.3) is 0 Å². The molecular weight excluding hydrogens is 244 g/mol. The molecule has 0 radical (unpaired) electrons. The van der Waals surface area contributed by atoms with Crippen LogP contribution in [0, 0.1) is 5.92 Å². The van der Waals surface area contributed by atoms with E-state index in [-0.39, 0.29) is 6.61 Å². The van der Waals surface area contributed by atoms with Crippen LogP contribution >= 0.6 is 0 Å². The van der Waals surface area contributed by atoms with Crippen LogP contribution in [0.4, 0.5) is 0 Å². The number of nitrogens with one attached hydrogen (secondary N) is 1. The third-order valence-electron chi connectivity index (χ3n) is 2.29. The summed E-state index contributed by atoms with van der Waals surface area (Å²) in [6.07, 6.45) is 1.67. The van der Waals surface area contributed by atoms with E-state index in [0.29, 0.717) is 24.8 Å². The lowest BCUT2D eigenvalue weighted by molar-refractivity contribution is 0.257. The van der Waals surface area contributed by atoms with Crippen LogP contribution in [0.15, 0.2) is 23.3 Å². The van der Waals surface area contributed by atoms with Crippen molar-refractivity contribution in [1.82, 2.24) is 5.43 Å². The number of benzene rings is 1. The molecule has 106 valence electrons. The average molecular weight is 266 g/mol. The number of hydrogen-bond acceptors (Lipinski definition) is 5. The van der Waals surface area contributed by atoms with Crippen LogP contribution in [0.1, 0.15) is 19.4 Å². The molecule has 0 aliphatic carbocycles. The third kappa shape index (κ3) is 5.61. The van der Waals surface area contributed by atoms with E-state index in [0.717, 1.165) is 11.3 Å². The topological polar surface area (TPSA) is 63.1 Å². The van der Waals surface area contributed by atoms with Gasteiger partial charge < -0.3 is 20.0 Å². The maximum atomic E-state index is 8.61. The quantitative estimate of drug-likeness (QED) is 0.426. The highest BCUT2D eigenvalue weighted by atomic mass is 16.5. The minimum Gasteiger partial charge on any atom is -0.493 e. The third-order valence-corrected chi connectivity index (χ3v) is 2.29. The molecule has 19 heavy (non-hydrogen) atoms. The van der Waals surface area contributed by atoms with Crippen molar-refractivity contribution in [2.75, 3.05) is 26.9 Å². The van der Waals surface area contributed by atoms with Crippen molar-refractivity contribution in [2.45, 2.75) is 13.8 Å². The fourth-order valence-electron chi connectivity index (χ4n) is 1.37. The van der Waals surface area contributed by atoms with Gasteiger partial charge in [-0.25, -0.2) is 0 Å². The smallest absolute Gasteiger partial charge is 0.161 e. The molecule has 5 nitrogen and oxygen atoms in total. The molecule has 0 aromatic heterocycles. The van der Waals surface area contributed by atoms with Gasteiger partial charge in [0, 0.05) is 0 Å². The van der Waals surface area contributed by atoms with Crippen molar-refractivity contribution in [3.63, 3.8) is 0 Å². The summed E-state index contributed by atoms with van der Waals surface area (Å²) >= 11 is 0. The Kier molecular flexibility index (Phi) is 6.74. The van der Waals surface area contributed by atoms with E-state index in [1.165, 1.54) is 0 Å². The molecule has 2 N–H and O–H groups in total. The summed E-state index contributed by atoms with van der Waals surface area (Å²) in [5.74, 6) is 1.89. The molecule has 0 amide bonds. The number of aliphatic hydroxyl groups excluding tert-OH is 1. The highest BCUT2D eigenvalue weighted by Gasteiger charge is 2.05. The van der Waals surface area contributed by atoms with Crippen LogP contribution in [-0.2, 0) is 0 Å². The lowest BCUT2D eigenvalue weighted by atomic mass is 10.2. The predicted octanol–water partition coefficient (Wildman–Crippen LogP) is 1.65. The zero-order valence-electron chi connectivity index (χ0n) is 11.7. The maximum Gasteiger partial charge on any atom is 0.161 e. The molecule has 0 atom stereocenters. The van der Waals surface area contributed by atoms with E-state index in [2.05, 4.69) is 24.4 Å². The maximum absolute atomic E-state index is 8.61. The first-order valence-electron chi connectivity index (χ1n) is 6.35. The fraction of sp³-hybridized carbons (Fsp3) is 0.500. The van der Waals surface area contributed by atoms with Crippen molar-refractivity contribution >= 4 is 6.21 Å². The Balaban J connectivity index is 2.69. The van der Waals surface area contributed by atoms with Gasteiger partial charge in [0.15, 0.2) is 11.5 Å². The monoisotopic (exact) mass is 266 g/mol. The Morgan fingerprint density at radius 2 is 2.16 bits per heavy atom. The lowest BCUT2D eigenvalue weighted by Crippen LogP contribution is -2.11. The Morgan fingerprint density at radius 3 is 2.79 bits per heavy atom. The van der Waals surface area contributed by atoms with E-state index in [1.54, 1.807) is 13.3 Å². The summed E-state index contributed by atoms with van der Waals surface area (Å²) in [7, 11) is 1.61. The minimum atomic E-state index is 0.0582. The highest BCUT2D eigenvalue weighted by Crippen LogP contribution is 2.27. The summed E-state index contributed by atoms with van der Waals surface area (Å²) in [5, 5.41) is 12.6. The molecule has 5 heteroatoms. The Morgan fingerprint density at radius 1 is 1.37 bits per heavy atom. The van der Waals surface area contributed by atoms with Crippen LogP contribution in [0.2, 0.25) is 0 Å². The van der Waals surface area contributed by atoms with Gasteiger partial charge in [0.05, 0.1) is 33.1 Å². The van der Waals surface area contributed by atoms with E-state index < -0.39 is 0 Å². The number of methoxy groups -OCH3 is 1. The van der Waals surface area contributed by atoms with Gasteiger partial charge in [0.1, 0.15) is 0 Å². The molecule has 0 spiro atoms. The van der Waals surface area contributed by atoms with E-state index >= 15 is 0 Å². The molecule has 1 aromatic rings. The van der Waals surface area contributed by atoms with Gasteiger partial charge in [-0.2, -0.15) is 5.10 Å². The first kappa shape index (κ1) is 15.3. The van der Waals surface area contributed by atoms with Crippen molar-refractivity contribution in [1.29, 1.82) is 0 Å². The molecule has 0 bridgehead atoms. The van der Waals surface area contributed by atoms with Crippen LogP contribution in [0.3, 0.4) is 0 Å². The number of rotatable bonds is 8. The molecule has 0 aliphatic heterocycles. The number of nitrogens with zero attached hydrogens (tertiary/aromatic N) is 1. The summed E-state index contributed by atoms with van der Waals surface area (Å²) in [6, 6.07) is 5.64. The van der Waals surface area contributed by atoms with Crippen LogP contribution in [-0.4, -0.2) is 38.2 Å². The summed E-state index contributed by atoms with van der Waals surface area (Å²) < 4.78 is 11.0. The van der Waals surface area contributed by atoms with Crippen molar-refractivity contribution < 1.29 is 14.6 Å². The number of ether oxygens (including phenoxy) is 2. The summed E-state index contributed by atoms with van der Waals surface area (Å²) in [6.45, 7) is 5.34. The summed E-state index contributed by atoms with van der Waals surface area (Å²) in [4.78, 5) is 0. The van der Waals surface area contributed by atoms with Gasteiger partial charge >= 0.3 is 0 Å². The second-order valence-corrected chi connectivity index (χ2v) is 4.51. The largest absolute Gasteiger partial charge is 0.493 e. The molecule has 0 unspecified atom stereocenters. The minimum absolute atomic E-state index is 0.0582. The first-order valence-corrected chi connectivity index (χ1v) is 6.35. The Bertz CT molecular complexity index is 406. The van der Waals surface area contributed by atoms with E-state index in [4.69, 9.17) is 14.6 Å². The second-order valence-electron chi connectivity index (χ2n) is 4.51. The molecule has 0 aliphatic rings. The molecular formula is C14H22N2O3. The molecule has 0 heterocycles. The first-order chi connectivity index (χ1) is 9.17. The van der Waals surface area contributed by atoms with Crippen molar-refractivity contribution in [3.8, 4) is 11.5 Å². The Labute approximate surface area is 114 Å². The van der Waals surface area contributed by atoms with Gasteiger partial charge in [0.2, 0.25) is 0 Å². The number of hydrazone groups is 1. The highest BCUT2D eigenvalue weighted by molar-refractivity contribution is 5.80. The Hall–Kier alpha value is -1.75. The van der Waals surface area contributed by atoms with Gasteiger partial charge in [-0.1, -0.05) is 13.8 Å². The van der Waals surface area contributed by atoms with E-state index in [9.17, 15) is 0 Å². The second kappa shape index (κ2) is 8.37. The predicted molar refractivity (Wildman–Crippen MR) is 76.0 cm³/mol. The standard InChI is InChI=1S/C14H22N2O3/c1-11(2)10-19-13-5-4-12(8-14(13)18-3)9-16-15-6-7-17/h4-5,8-9,11,15,17H,6-7,10H2,1-3H3. The van der Waals surface area contributed by atoms with Crippen LogP contribution in [0.5, 0.6) is 11.5 Å². The molecule has 1 aromatic carbocycles. The zero-order chi connectivity index (χ0) is 14.1. The molecule has 1 rings (SSSR count). The van der Waals surface area contributed by atoms with Gasteiger partial charge in [-0.15, -0.1) is 0 Å². The normalized spacial score (nSPS) is 11.0. The van der Waals surface area contributed by atoms with Gasteiger partial charge in [-0.05, 0) is 29.7 Å². The van der Waals surface area contributed by atoms with E-state index in [1.807, 2.05) is 18.2 Å². The molecule has 0 saturated carbocycles. The average Bonchev–Trinajstić information content (AvgIpc) is 2.41. The number of hydrogen-bond donors (Lipinski definition) is 2. The van der Waals surface area contributed by atoms with Crippen molar-refractivity contribution in [2.24, 2.45) is 11.0 Å². The number of aliphatic hydroxyl groups is 1. The molecule has 0 saturated heterocycles.